The van der Waals surface area contributed by atoms with E-state index in [2.05, 4.69) is 0 Å². The lowest BCUT2D eigenvalue weighted by molar-refractivity contribution is 0.446. The molecular weight excluding hydrogens is 438 g/mol. The molecule has 2 aromatic rings. The van der Waals surface area contributed by atoms with Gasteiger partial charge in [-0.25, -0.2) is 26.3 Å². The predicted molar refractivity (Wildman–Crippen MR) is 88.8 cm³/mol. The second-order valence-corrected chi connectivity index (χ2v) is 5.55. The number of hydrogen-bond donors (Lipinski definition) is 0. The molecular formula is C20F6N6. The summed E-state index contributed by atoms with van der Waals surface area (Å²) in [4.78, 5) is 0. The largest absolute Gasteiger partial charge is 0.205 e. The maximum Gasteiger partial charge on any atom is 0.180 e. The van der Waals surface area contributed by atoms with Crippen LogP contribution in [0.15, 0.2) is 0 Å². The fourth-order valence-corrected chi connectivity index (χ4v) is 2.69. The van der Waals surface area contributed by atoms with Crippen LogP contribution in [0.4, 0.5) is 26.3 Å². The van der Waals surface area contributed by atoms with Crippen LogP contribution in [0.25, 0.3) is 11.1 Å². The van der Waals surface area contributed by atoms with Crippen LogP contribution in [0.3, 0.4) is 0 Å². The Bertz CT molecular complexity index is 1550. The maximum atomic E-state index is 15.1. The quantitative estimate of drug-likeness (QED) is 0.493. The lowest BCUT2D eigenvalue weighted by Gasteiger charge is -2.10. The lowest BCUT2D eigenvalue weighted by atomic mass is 9.94. The van der Waals surface area contributed by atoms with Crippen molar-refractivity contribution in [1.29, 1.82) is 31.6 Å². The smallest absolute Gasteiger partial charge is 0.180 e. The molecule has 0 unspecified atom stereocenters. The monoisotopic (exact) mass is 438 g/mol. The van der Waals surface area contributed by atoms with Gasteiger partial charge >= 0.3 is 0 Å². The summed E-state index contributed by atoms with van der Waals surface area (Å²) >= 11 is 0. The van der Waals surface area contributed by atoms with E-state index in [1.54, 1.807) is 0 Å². The summed E-state index contributed by atoms with van der Waals surface area (Å²) in [6.45, 7) is 0. The van der Waals surface area contributed by atoms with Crippen molar-refractivity contribution in [3.8, 4) is 36.4 Å². The lowest BCUT2D eigenvalue weighted by Crippen LogP contribution is -2.31. The number of halogens is 6. The number of hydrogen-bond acceptors (Lipinski definition) is 6. The molecule has 0 aliphatic heterocycles. The zero-order valence-corrected chi connectivity index (χ0v) is 15.0. The first-order valence-electron chi connectivity index (χ1n) is 7.73. The number of rotatable bonds is 1. The van der Waals surface area contributed by atoms with E-state index in [1.165, 1.54) is 12.1 Å². The molecule has 0 aliphatic carbocycles. The Morgan fingerprint density at radius 3 is 1.25 bits per heavy atom. The molecule has 2 rings (SSSR count). The van der Waals surface area contributed by atoms with Gasteiger partial charge in [0, 0.05) is 0 Å². The van der Waals surface area contributed by atoms with Gasteiger partial charge in [-0.3, -0.25) is 0 Å². The molecule has 152 valence electrons. The van der Waals surface area contributed by atoms with Gasteiger partial charge in [0.15, 0.2) is 34.9 Å². The standard InChI is InChI=1S/C20F6N6/c21-15-10(5-31)13(16(22)9(4-30)12(15)7(1-27)2-28)8(3-29)14-19(25)17(23)11(6-32)18(24)20(14)26/b13-8+. The molecule has 0 aromatic heterocycles. The molecule has 0 aliphatic rings. The van der Waals surface area contributed by atoms with Gasteiger partial charge in [-0.15, -0.1) is 0 Å². The predicted octanol–water partition coefficient (Wildman–Crippen LogP) is 2.06. The third kappa shape index (κ3) is 3.12. The van der Waals surface area contributed by atoms with Crippen molar-refractivity contribution in [1.82, 2.24) is 0 Å². The first kappa shape index (κ1) is 23.0. The highest BCUT2D eigenvalue weighted by atomic mass is 19.2. The van der Waals surface area contributed by atoms with Crippen LogP contribution < -0.4 is 10.4 Å². The SMILES string of the molecule is N#CC(C#N)=c1c(F)c(C#N)/c(=C(/C#N)c2c(F)c(F)c(C#N)c(F)c2F)c(F)c1C#N. The molecule has 0 fully saturated rings. The van der Waals surface area contributed by atoms with Gasteiger partial charge in [0.2, 0.25) is 0 Å². The number of benzene rings is 2. The van der Waals surface area contributed by atoms with Crippen molar-refractivity contribution in [3.63, 3.8) is 0 Å². The van der Waals surface area contributed by atoms with Gasteiger partial charge in [-0.1, -0.05) is 0 Å². The average molecular weight is 438 g/mol. The first-order valence-corrected chi connectivity index (χ1v) is 7.73. The van der Waals surface area contributed by atoms with Crippen molar-refractivity contribution in [2.24, 2.45) is 0 Å². The van der Waals surface area contributed by atoms with Crippen molar-refractivity contribution in [3.05, 3.63) is 67.6 Å². The van der Waals surface area contributed by atoms with E-state index in [0.717, 1.165) is 24.3 Å². The van der Waals surface area contributed by atoms with Gasteiger partial charge in [-0.05, 0) is 0 Å². The second-order valence-electron chi connectivity index (χ2n) is 5.55. The Morgan fingerprint density at radius 2 is 0.875 bits per heavy atom. The first-order chi connectivity index (χ1) is 15.2. The van der Waals surface area contributed by atoms with Gasteiger partial charge in [-0.2, -0.15) is 31.6 Å². The van der Waals surface area contributed by atoms with Crippen LogP contribution in [0, 0.1) is 103 Å². The van der Waals surface area contributed by atoms with E-state index in [4.69, 9.17) is 15.8 Å². The highest BCUT2D eigenvalue weighted by molar-refractivity contribution is 5.80. The molecule has 2 aromatic carbocycles. The van der Waals surface area contributed by atoms with Crippen molar-refractivity contribution in [2.75, 3.05) is 0 Å². The molecule has 0 saturated heterocycles. The summed E-state index contributed by atoms with van der Waals surface area (Å²) in [5, 5.41) is 51.4. The van der Waals surface area contributed by atoms with Crippen LogP contribution in [-0.4, -0.2) is 0 Å². The minimum atomic E-state index is -2.33. The molecule has 12 heteroatoms. The molecule has 0 atom stereocenters. The number of nitriles is 6. The van der Waals surface area contributed by atoms with Crippen molar-refractivity contribution < 1.29 is 26.3 Å². The van der Waals surface area contributed by atoms with Gasteiger partial charge in [0.1, 0.15) is 58.7 Å². The fraction of sp³-hybridized carbons (Fsp3) is 0. The van der Waals surface area contributed by atoms with E-state index in [0.29, 0.717) is 0 Å². The van der Waals surface area contributed by atoms with Gasteiger partial charge < -0.3 is 0 Å². The summed E-state index contributed by atoms with van der Waals surface area (Å²) in [7, 11) is 0. The van der Waals surface area contributed by atoms with Crippen LogP contribution in [0.2, 0.25) is 0 Å². The zero-order chi connectivity index (χ0) is 24.3. The van der Waals surface area contributed by atoms with Crippen molar-refractivity contribution in [2.45, 2.75) is 0 Å². The fourth-order valence-electron chi connectivity index (χ4n) is 2.69. The molecule has 32 heavy (non-hydrogen) atoms. The summed E-state index contributed by atoms with van der Waals surface area (Å²) in [6, 6.07) is 6.34. The van der Waals surface area contributed by atoms with E-state index in [-0.39, 0.29) is 0 Å². The van der Waals surface area contributed by atoms with Crippen LogP contribution in [-0.2, 0) is 0 Å². The molecule has 0 saturated carbocycles. The molecule has 0 N–H and O–H groups in total. The highest BCUT2D eigenvalue weighted by Gasteiger charge is 2.30. The molecule has 0 radical (unpaired) electrons. The maximum absolute atomic E-state index is 15.1. The van der Waals surface area contributed by atoms with Crippen molar-refractivity contribution >= 4 is 11.1 Å². The van der Waals surface area contributed by atoms with E-state index < -0.39 is 78.7 Å². The summed E-state index contributed by atoms with van der Waals surface area (Å²) in [5.74, 6) is -13.0. The third-order valence-electron chi connectivity index (χ3n) is 4.06. The molecule has 0 heterocycles. The Morgan fingerprint density at radius 1 is 0.469 bits per heavy atom. The Hall–Kier alpha value is -5.30. The molecule has 0 spiro atoms. The summed E-state index contributed by atoms with van der Waals surface area (Å²) in [5.41, 5.74) is -9.24. The molecule has 0 amide bonds. The van der Waals surface area contributed by atoms with E-state index >= 15 is 4.39 Å². The van der Waals surface area contributed by atoms with E-state index in [1.807, 2.05) is 0 Å². The normalized spacial score (nSPS) is 10.5. The minimum absolute atomic E-state index is 0.848. The van der Waals surface area contributed by atoms with Crippen LogP contribution in [0.1, 0.15) is 22.3 Å². The van der Waals surface area contributed by atoms with Crippen LogP contribution >= 0.6 is 0 Å². The van der Waals surface area contributed by atoms with E-state index in [9.17, 15) is 37.7 Å². The average Bonchev–Trinajstić information content (AvgIpc) is 2.78. The Kier molecular flexibility index (Phi) is 6.18. The number of nitrogens with zero attached hydrogens (tertiary/aromatic N) is 6. The Labute approximate surface area is 173 Å². The third-order valence-corrected chi connectivity index (χ3v) is 4.06. The highest BCUT2D eigenvalue weighted by Crippen LogP contribution is 2.28. The van der Waals surface area contributed by atoms with Gasteiger partial charge in [0.05, 0.1) is 21.6 Å². The summed E-state index contributed by atoms with van der Waals surface area (Å²) in [6.07, 6.45) is 0. The molecule has 0 bridgehead atoms. The van der Waals surface area contributed by atoms with Crippen LogP contribution in [0.5, 0.6) is 0 Å². The second kappa shape index (κ2) is 8.60. The summed E-state index contributed by atoms with van der Waals surface area (Å²) < 4.78 is 86.8. The minimum Gasteiger partial charge on any atom is -0.205 e. The zero-order valence-electron chi connectivity index (χ0n) is 15.0. The molecule has 6 nitrogen and oxygen atoms in total. The Balaban J connectivity index is 3.46. The topological polar surface area (TPSA) is 143 Å². The van der Waals surface area contributed by atoms with Gasteiger partial charge in [0.25, 0.3) is 0 Å².